The Morgan fingerprint density at radius 3 is 2.86 bits per heavy atom. The number of anilines is 2. The number of aromatic nitrogens is 1. The first kappa shape index (κ1) is 15.5. The highest BCUT2D eigenvalue weighted by atomic mass is 79.9. The van der Waals surface area contributed by atoms with Crippen LogP contribution in [0.2, 0.25) is 5.02 Å². The lowest BCUT2D eigenvalue weighted by atomic mass is 10.1. The molecule has 2 heterocycles. The number of hydrogen-bond donors (Lipinski definition) is 1. The van der Waals surface area contributed by atoms with Gasteiger partial charge in [-0.25, -0.2) is 13.8 Å². The van der Waals surface area contributed by atoms with Gasteiger partial charge in [0.1, 0.15) is 17.5 Å². The molecule has 1 aromatic heterocycles. The van der Waals surface area contributed by atoms with Crippen molar-refractivity contribution in [1.29, 1.82) is 0 Å². The van der Waals surface area contributed by atoms with E-state index in [1.54, 1.807) is 6.20 Å². The quantitative estimate of drug-likeness (QED) is 0.767. The van der Waals surface area contributed by atoms with E-state index in [4.69, 9.17) is 11.6 Å². The molecule has 3 nitrogen and oxygen atoms in total. The van der Waals surface area contributed by atoms with Crippen molar-refractivity contribution in [3.63, 3.8) is 0 Å². The molecule has 1 aromatic carbocycles. The third-order valence-corrected chi connectivity index (χ3v) is 4.93. The maximum absolute atomic E-state index is 14.0. The lowest BCUT2D eigenvalue weighted by molar-refractivity contribution is 0.581. The van der Waals surface area contributed by atoms with Gasteiger partial charge in [0.2, 0.25) is 0 Å². The molecule has 0 spiro atoms. The lowest BCUT2D eigenvalue weighted by Crippen LogP contribution is -2.35. The zero-order valence-electron chi connectivity index (χ0n) is 11.8. The molecule has 1 N–H and O–H groups in total. The Balaban J connectivity index is 2.03. The molecular formula is C15H13BrClF2N3. The molecule has 0 fully saturated rings. The van der Waals surface area contributed by atoms with Crippen LogP contribution in [0.3, 0.4) is 0 Å². The van der Waals surface area contributed by atoms with Crippen molar-refractivity contribution in [2.75, 3.05) is 23.3 Å². The molecule has 7 heteroatoms. The van der Waals surface area contributed by atoms with E-state index in [0.29, 0.717) is 13.1 Å². The molecule has 0 saturated carbocycles. The van der Waals surface area contributed by atoms with Crippen molar-refractivity contribution in [1.82, 2.24) is 4.98 Å². The maximum Gasteiger partial charge on any atom is 0.150 e. The molecule has 116 valence electrons. The fraction of sp³-hybridized carbons (Fsp3) is 0.267. The van der Waals surface area contributed by atoms with Crippen LogP contribution < -0.4 is 10.2 Å². The molecule has 0 unspecified atom stereocenters. The van der Waals surface area contributed by atoms with Crippen molar-refractivity contribution in [2.45, 2.75) is 13.5 Å². The van der Waals surface area contributed by atoms with Crippen LogP contribution in [0.5, 0.6) is 0 Å². The maximum atomic E-state index is 14.0. The van der Waals surface area contributed by atoms with Gasteiger partial charge in [-0.15, -0.1) is 0 Å². The van der Waals surface area contributed by atoms with Gasteiger partial charge in [0.25, 0.3) is 0 Å². The summed E-state index contributed by atoms with van der Waals surface area (Å²) in [6.07, 6.45) is 1.72. The number of rotatable bonds is 2. The van der Waals surface area contributed by atoms with E-state index in [9.17, 15) is 8.78 Å². The molecule has 0 amide bonds. The van der Waals surface area contributed by atoms with E-state index in [-0.39, 0.29) is 17.1 Å². The zero-order chi connectivity index (χ0) is 15.9. The number of nitrogens with one attached hydrogen (secondary N) is 1. The van der Waals surface area contributed by atoms with E-state index in [1.807, 2.05) is 11.8 Å². The van der Waals surface area contributed by atoms with E-state index in [2.05, 4.69) is 26.2 Å². The van der Waals surface area contributed by atoms with Crippen molar-refractivity contribution < 1.29 is 8.78 Å². The van der Waals surface area contributed by atoms with E-state index in [0.717, 1.165) is 33.7 Å². The van der Waals surface area contributed by atoms with Gasteiger partial charge in [0.05, 0.1) is 10.7 Å². The average Bonchev–Trinajstić information content (AvgIpc) is 2.51. The van der Waals surface area contributed by atoms with Gasteiger partial charge in [0.15, 0.2) is 0 Å². The van der Waals surface area contributed by atoms with Crippen LogP contribution in [0.1, 0.15) is 11.1 Å². The molecule has 0 atom stereocenters. The van der Waals surface area contributed by atoms with Crippen molar-refractivity contribution >= 4 is 39.0 Å². The van der Waals surface area contributed by atoms with Gasteiger partial charge in [-0.2, -0.15) is 0 Å². The second kappa shape index (κ2) is 6.01. The molecule has 0 bridgehead atoms. The first-order valence-corrected chi connectivity index (χ1v) is 7.92. The fourth-order valence-corrected chi connectivity index (χ4v) is 3.07. The topological polar surface area (TPSA) is 28.2 Å². The van der Waals surface area contributed by atoms with Gasteiger partial charge >= 0.3 is 0 Å². The Kier molecular flexibility index (Phi) is 4.23. The van der Waals surface area contributed by atoms with Crippen LogP contribution in [-0.4, -0.2) is 18.1 Å². The third kappa shape index (κ3) is 2.65. The van der Waals surface area contributed by atoms with Gasteiger partial charge in [-0.3, -0.25) is 0 Å². The van der Waals surface area contributed by atoms with Crippen LogP contribution in [0.25, 0.3) is 0 Å². The largest absolute Gasteiger partial charge is 0.367 e. The highest BCUT2D eigenvalue weighted by molar-refractivity contribution is 9.10. The summed E-state index contributed by atoms with van der Waals surface area (Å²) in [4.78, 5) is 6.29. The molecular weight excluding hydrogens is 376 g/mol. The fourth-order valence-electron chi connectivity index (χ4n) is 2.57. The second-order valence-electron chi connectivity index (χ2n) is 5.10. The standard InChI is InChI=1S/C15H13BrClF2N3/c1-8-10(16)6-21-15-14(8)22(5-4-20-15)7-9-11(18)2-3-12(19)13(9)17/h2-3,6H,4-5,7H2,1H3,(H,20,21). The zero-order valence-corrected chi connectivity index (χ0v) is 14.1. The summed E-state index contributed by atoms with van der Waals surface area (Å²) in [5.74, 6) is -0.385. The van der Waals surface area contributed by atoms with Crippen LogP contribution in [0, 0.1) is 18.6 Å². The van der Waals surface area contributed by atoms with E-state index < -0.39 is 11.6 Å². The number of fused-ring (bicyclic) bond motifs is 1. The van der Waals surface area contributed by atoms with Crippen LogP contribution in [0.4, 0.5) is 20.3 Å². The van der Waals surface area contributed by atoms with Crippen LogP contribution in [-0.2, 0) is 6.54 Å². The van der Waals surface area contributed by atoms with Gasteiger partial charge in [-0.1, -0.05) is 11.6 Å². The Bertz CT molecular complexity index is 739. The Morgan fingerprint density at radius 2 is 2.09 bits per heavy atom. The number of halogens is 4. The van der Waals surface area contributed by atoms with Gasteiger partial charge in [-0.05, 0) is 40.5 Å². The molecule has 0 saturated heterocycles. The predicted molar refractivity (Wildman–Crippen MR) is 87.6 cm³/mol. The second-order valence-corrected chi connectivity index (χ2v) is 6.33. The van der Waals surface area contributed by atoms with Crippen LogP contribution >= 0.6 is 27.5 Å². The first-order valence-electron chi connectivity index (χ1n) is 6.75. The molecule has 1 aliphatic heterocycles. The predicted octanol–water partition coefficient (Wildman–Crippen LogP) is 4.52. The smallest absolute Gasteiger partial charge is 0.150 e. The average molecular weight is 389 g/mol. The minimum absolute atomic E-state index is 0.161. The Labute approximate surface area is 140 Å². The summed E-state index contributed by atoms with van der Waals surface area (Å²) < 4.78 is 28.5. The normalized spacial score (nSPS) is 13.8. The monoisotopic (exact) mass is 387 g/mol. The molecule has 0 aliphatic carbocycles. The highest BCUT2D eigenvalue weighted by Gasteiger charge is 2.24. The van der Waals surface area contributed by atoms with Crippen molar-refractivity contribution in [3.05, 3.63) is 50.6 Å². The molecule has 1 aliphatic rings. The lowest BCUT2D eigenvalue weighted by Gasteiger charge is -2.33. The third-order valence-electron chi connectivity index (χ3n) is 3.72. The number of benzene rings is 1. The number of nitrogens with zero attached hydrogens (tertiary/aromatic N) is 2. The minimum atomic E-state index is -0.613. The molecule has 3 rings (SSSR count). The summed E-state index contributed by atoms with van der Waals surface area (Å²) in [7, 11) is 0. The van der Waals surface area contributed by atoms with Crippen molar-refractivity contribution in [3.8, 4) is 0 Å². The van der Waals surface area contributed by atoms with E-state index >= 15 is 0 Å². The highest BCUT2D eigenvalue weighted by Crippen LogP contribution is 2.36. The first-order chi connectivity index (χ1) is 10.5. The summed E-state index contributed by atoms with van der Waals surface area (Å²) in [5, 5.41) is 3.05. The Hall–Kier alpha value is -1.40. The number of hydrogen-bond acceptors (Lipinski definition) is 3. The SMILES string of the molecule is Cc1c(Br)cnc2c1N(Cc1c(F)ccc(F)c1Cl)CCN2. The summed E-state index contributed by atoms with van der Waals surface area (Å²) >= 11 is 9.38. The summed E-state index contributed by atoms with van der Waals surface area (Å²) in [6.45, 7) is 3.47. The van der Waals surface area contributed by atoms with Crippen molar-refractivity contribution in [2.24, 2.45) is 0 Å². The molecule has 22 heavy (non-hydrogen) atoms. The van der Waals surface area contributed by atoms with E-state index in [1.165, 1.54) is 0 Å². The number of pyridine rings is 1. The molecule has 0 radical (unpaired) electrons. The summed E-state index contributed by atoms with van der Waals surface area (Å²) in [6, 6.07) is 2.14. The summed E-state index contributed by atoms with van der Waals surface area (Å²) in [5.41, 5.74) is 2.03. The van der Waals surface area contributed by atoms with Gasteiger partial charge in [0, 0.05) is 35.9 Å². The Morgan fingerprint density at radius 1 is 1.36 bits per heavy atom. The van der Waals surface area contributed by atoms with Gasteiger partial charge < -0.3 is 10.2 Å². The van der Waals surface area contributed by atoms with Crippen LogP contribution in [0.15, 0.2) is 22.8 Å². The minimum Gasteiger partial charge on any atom is -0.367 e. The molecule has 2 aromatic rings.